The molecule has 4 nitrogen and oxygen atoms in total. The molecule has 0 bridgehead atoms. The van der Waals surface area contributed by atoms with Crippen molar-refractivity contribution in [2.45, 2.75) is 6.92 Å². The van der Waals surface area contributed by atoms with Gasteiger partial charge in [0.2, 0.25) is 0 Å². The molecule has 0 aliphatic carbocycles. The summed E-state index contributed by atoms with van der Waals surface area (Å²) in [7, 11) is 2.98. The van der Waals surface area contributed by atoms with Crippen molar-refractivity contribution in [3.05, 3.63) is 23.8 Å². The van der Waals surface area contributed by atoms with E-state index in [1.807, 2.05) is 0 Å². The van der Waals surface area contributed by atoms with Crippen LogP contribution in [0.1, 0.15) is 12.5 Å². The maximum atomic E-state index is 9.49. The number of hydrogen-bond donors (Lipinski definition) is 1. The second kappa shape index (κ2) is 4.50. The summed E-state index contributed by atoms with van der Waals surface area (Å²) < 4.78 is 4.92. The molecule has 4 heteroatoms. The lowest BCUT2D eigenvalue weighted by atomic mass is 10.1. The molecular formula is C10H13NO3. The molecule has 0 fully saturated rings. The lowest BCUT2D eigenvalue weighted by Gasteiger charge is -2.05. The van der Waals surface area contributed by atoms with Crippen LogP contribution in [0.15, 0.2) is 23.4 Å². The molecule has 0 aliphatic rings. The number of oxime groups is 1. The first-order chi connectivity index (χ1) is 6.69. The fourth-order valence-corrected chi connectivity index (χ4v) is 1.10. The zero-order valence-electron chi connectivity index (χ0n) is 8.44. The lowest BCUT2D eigenvalue weighted by molar-refractivity contribution is 0.213. The van der Waals surface area contributed by atoms with Gasteiger partial charge in [0.15, 0.2) is 11.5 Å². The van der Waals surface area contributed by atoms with E-state index >= 15 is 0 Å². The molecule has 1 aromatic carbocycles. The number of aromatic hydroxyl groups is 1. The van der Waals surface area contributed by atoms with Gasteiger partial charge in [-0.2, -0.15) is 0 Å². The van der Waals surface area contributed by atoms with Crippen LogP contribution in [-0.2, 0) is 4.84 Å². The predicted molar refractivity (Wildman–Crippen MR) is 53.9 cm³/mol. The van der Waals surface area contributed by atoms with Crippen molar-refractivity contribution in [2.75, 3.05) is 14.2 Å². The molecule has 0 heterocycles. The number of rotatable bonds is 3. The number of phenols is 1. The Hall–Kier alpha value is -1.71. The molecule has 0 aliphatic heterocycles. The zero-order valence-corrected chi connectivity index (χ0v) is 8.44. The maximum absolute atomic E-state index is 9.49. The van der Waals surface area contributed by atoms with Gasteiger partial charge in [-0.05, 0) is 25.1 Å². The second-order valence-corrected chi connectivity index (χ2v) is 2.75. The standard InChI is InChI=1S/C10H13NO3/c1-7(11-14-3)8-4-5-10(13-2)9(12)6-8/h4-6,12H,1-3H3/b11-7+. The fourth-order valence-electron chi connectivity index (χ4n) is 1.10. The van der Waals surface area contributed by atoms with Gasteiger partial charge in [-0.3, -0.25) is 0 Å². The Morgan fingerprint density at radius 3 is 2.57 bits per heavy atom. The Morgan fingerprint density at radius 1 is 1.36 bits per heavy atom. The van der Waals surface area contributed by atoms with Crippen LogP contribution < -0.4 is 4.74 Å². The molecule has 0 unspecified atom stereocenters. The van der Waals surface area contributed by atoms with Crippen LogP contribution in [-0.4, -0.2) is 25.0 Å². The van der Waals surface area contributed by atoms with Gasteiger partial charge in [-0.25, -0.2) is 0 Å². The summed E-state index contributed by atoms with van der Waals surface area (Å²) in [4.78, 5) is 4.63. The van der Waals surface area contributed by atoms with Crippen LogP contribution in [0.25, 0.3) is 0 Å². The van der Waals surface area contributed by atoms with E-state index in [0.717, 1.165) is 5.56 Å². The SMILES string of the molecule is CO/N=C(\C)c1ccc(OC)c(O)c1. The molecule has 14 heavy (non-hydrogen) atoms. The van der Waals surface area contributed by atoms with E-state index in [1.165, 1.54) is 14.2 Å². The van der Waals surface area contributed by atoms with E-state index in [2.05, 4.69) is 9.99 Å². The molecule has 0 spiro atoms. The van der Waals surface area contributed by atoms with Crippen molar-refractivity contribution in [2.24, 2.45) is 5.16 Å². The Balaban J connectivity index is 3.02. The molecular weight excluding hydrogens is 182 g/mol. The number of methoxy groups -OCH3 is 1. The quantitative estimate of drug-likeness (QED) is 0.590. The van der Waals surface area contributed by atoms with Crippen LogP contribution in [0.3, 0.4) is 0 Å². The number of nitrogens with zero attached hydrogens (tertiary/aromatic N) is 1. The molecule has 0 radical (unpaired) electrons. The Kier molecular flexibility index (Phi) is 3.34. The molecule has 0 amide bonds. The first kappa shape index (κ1) is 10.4. The third-order valence-corrected chi connectivity index (χ3v) is 1.82. The summed E-state index contributed by atoms with van der Waals surface area (Å²) >= 11 is 0. The van der Waals surface area contributed by atoms with Crippen molar-refractivity contribution in [3.63, 3.8) is 0 Å². The molecule has 0 saturated carbocycles. The highest BCUT2D eigenvalue weighted by Gasteiger charge is 2.04. The molecule has 0 saturated heterocycles. The van der Waals surface area contributed by atoms with Crippen molar-refractivity contribution in [3.8, 4) is 11.5 Å². The highest BCUT2D eigenvalue weighted by molar-refractivity contribution is 5.98. The highest BCUT2D eigenvalue weighted by Crippen LogP contribution is 2.26. The van der Waals surface area contributed by atoms with Gasteiger partial charge in [-0.15, -0.1) is 0 Å². The van der Waals surface area contributed by atoms with Gasteiger partial charge in [-0.1, -0.05) is 5.16 Å². The molecule has 0 aromatic heterocycles. The average Bonchev–Trinajstić information content (AvgIpc) is 2.18. The van der Waals surface area contributed by atoms with Gasteiger partial charge in [0.05, 0.1) is 12.8 Å². The first-order valence-electron chi connectivity index (χ1n) is 4.14. The Morgan fingerprint density at radius 2 is 2.07 bits per heavy atom. The lowest BCUT2D eigenvalue weighted by Crippen LogP contribution is -1.95. The summed E-state index contributed by atoms with van der Waals surface area (Å²) in [6.45, 7) is 1.80. The summed E-state index contributed by atoms with van der Waals surface area (Å²) in [6, 6.07) is 5.06. The largest absolute Gasteiger partial charge is 0.504 e. The molecule has 76 valence electrons. The van der Waals surface area contributed by atoms with E-state index in [0.29, 0.717) is 11.5 Å². The van der Waals surface area contributed by atoms with E-state index in [4.69, 9.17) is 4.74 Å². The minimum absolute atomic E-state index is 0.0932. The van der Waals surface area contributed by atoms with E-state index in [-0.39, 0.29) is 5.75 Å². The summed E-state index contributed by atoms with van der Waals surface area (Å²) in [6.07, 6.45) is 0. The average molecular weight is 195 g/mol. The fraction of sp³-hybridized carbons (Fsp3) is 0.300. The van der Waals surface area contributed by atoms with Crippen LogP contribution in [0.5, 0.6) is 11.5 Å². The number of benzene rings is 1. The Labute approximate surface area is 82.8 Å². The van der Waals surface area contributed by atoms with E-state index in [1.54, 1.807) is 25.1 Å². The monoisotopic (exact) mass is 195 g/mol. The minimum atomic E-state index is 0.0932. The van der Waals surface area contributed by atoms with Crippen molar-refractivity contribution >= 4 is 5.71 Å². The smallest absolute Gasteiger partial charge is 0.160 e. The van der Waals surface area contributed by atoms with Crippen LogP contribution in [0.4, 0.5) is 0 Å². The van der Waals surface area contributed by atoms with Crippen LogP contribution in [0, 0.1) is 0 Å². The number of hydrogen-bond acceptors (Lipinski definition) is 4. The molecule has 1 aromatic rings. The summed E-state index contributed by atoms with van der Waals surface area (Å²) in [5.41, 5.74) is 1.50. The number of phenolic OH excluding ortho intramolecular Hbond substituents is 1. The van der Waals surface area contributed by atoms with Gasteiger partial charge in [0.25, 0.3) is 0 Å². The zero-order chi connectivity index (χ0) is 10.6. The van der Waals surface area contributed by atoms with Crippen molar-refractivity contribution in [1.29, 1.82) is 0 Å². The van der Waals surface area contributed by atoms with Crippen molar-refractivity contribution in [1.82, 2.24) is 0 Å². The normalized spacial score (nSPS) is 11.2. The highest BCUT2D eigenvalue weighted by atomic mass is 16.6. The topological polar surface area (TPSA) is 51.0 Å². The minimum Gasteiger partial charge on any atom is -0.504 e. The van der Waals surface area contributed by atoms with Gasteiger partial charge >= 0.3 is 0 Å². The second-order valence-electron chi connectivity index (χ2n) is 2.75. The Bertz CT molecular complexity index is 347. The maximum Gasteiger partial charge on any atom is 0.160 e. The third-order valence-electron chi connectivity index (χ3n) is 1.82. The molecule has 0 atom stereocenters. The van der Waals surface area contributed by atoms with E-state index < -0.39 is 0 Å². The van der Waals surface area contributed by atoms with Gasteiger partial charge in [0, 0.05) is 5.56 Å². The third kappa shape index (κ3) is 2.16. The van der Waals surface area contributed by atoms with Crippen LogP contribution in [0.2, 0.25) is 0 Å². The van der Waals surface area contributed by atoms with E-state index in [9.17, 15) is 5.11 Å². The summed E-state index contributed by atoms with van der Waals surface area (Å²) in [5.74, 6) is 0.537. The first-order valence-corrected chi connectivity index (χ1v) is 4.14. The number of ether oxygens (including phenoxy) is 1. The van der Waals surface area contributed by atoms with Gasteiger partial charge in [0.1, 0.15) is 7.11 Å². The summed E-state index contributed by atoms with van der Waals surface area (Å²) in [5, 5.41) is 13.2. The predicted octanol–water partition coefficient (Wildman–Crippen LogP) is 1.77. The van der Waals surface area contributed by atoms with Crippen molar-refractivity contribution < 1.29 is 14.7 Å². The van der Waals surface area contributed by atoms with Crippen LogP contribution >= 0.6 is 0 Å². The van der Waals surface area contributed by atoms with Gasteiger partial charge < -0.3 is 14.7 Å². The molecule has 1 rings (SSSR count). The molecule has 1 N–H and O–H groups in total.